The molecule has 1 heterocycles. The summed E-state index contributed by atoms with van der Waals surface area (Å²) in [6.07, 6.45) is 0. The van der Waals surface area contributed by atoms with Crippen molar-refractivity contribution in [3.63, 3.8) is 0 Å². The van der Waals surface area contributed by atoms with Crippen molar-refractivity contribution in [1.29, 1.82) is 0 Å². The monoisotopic (exact) mass is 418 g/mol. The molecule has 1 atom stereocenters. The molecule has 0 aromatic heterocycles. The van der Waals surface area contributed by atoms with Crippen molar-refractivity contribution in [3.05, 3.63) is 111 Å². The van der Waals surface area contributed by atoms with E-state index < -0.39 is 28.5 Å². The number of aliphatic hydroxyl groups excluding tert-OH is 1. The first-order valence-electron chi connectivity index (χ1n) is 9.25. The molecular weight excluding hydrogens is 403 g/mol. The average Bonchev–Trinajstić information content (AvgIpc) is 3.05. The van der Waals surface area contributed by atoms with Crippen LogP contribution < -0.4 is 4.90 Å². The first-order chi connectivity index (χ1) is 14.9. The maximum absolute atomic E-state index is 13.4. The van der Waals surface area contributed by atoms with Gasteiger partial charge in [-0.25, -0.2) is 4.39 Å². The number of non-ortho nitro benzene ring substituents is 1. The van der Waals surface area contributed by atoms with Crippen LogP contribution in [-0.2, 0) is 9.59 Å². The summed E-state index contributed by atoms with van der Waals surface area (Å²) in [5.41, 5.74) is 0.650. The van der Waals surface area contributed by atoms with Gasteiger partial charge in [0.25, 0.3) is 17.4 Å². The highest BCUT2D eigenvalue weighted by molar-refractivity contribution is 6.51. The SMILES string of the molecule is O=C1C(=O)N(c2ccc(F)cc2)[C@H](c2ccc([N+](=O)[O-])cc2)/C1=C(\O)c1ccccc1. The minimum Gasteiger partial charge on any atom is -0.507 e. The van der Waals surface area contributed by atoms with Crippen molar-refractivity contribution in [2.24, 2.45) is 0 Å². The maximum Gasteiger partial charge on any atom is 0.300 e. The number of amides is 1. The summed E-state index contributed by atoms with van der Waals surface area (Å²) < 4.78 is 13.4. The number of ketones is 1. The number of nitrogens with zero attached hydrogens (tertiary/aromatic N) is 2. The average molecular weight is 418 g/mol. The van der Waals surface area contributed by atoms with Crippen LogP contribution in [0.5, 0.6) is 0 Å². The van der Waals surface area contributed by atoms with E-state index in [9.17, 15) is 29.2 Å². The molecule has 1 saturated heterocycles. The van der Waals surface area contributed by atoms with Gasteiger partial charge < -0.3 is 5.11 Å². The lowest BCUT2D eigenvalue weighted by atomic mass is 9.95. The predicted molar refractivity (Wildman–Crippen MR) is 111 cm³/mol. The van der Waals surface area contributed by atoms with Gasteiger partial charge in [-0.05, 0) is 42.0 Å². The fourth-order valence-corrected chi connectivity index (χ4v) is 3.55. The molecule has 0 radical (unpaired) electrons. The molecule has 3 aromatic carbocycles. The molecule has 0 aliphatic carbocycles. The van der Waals surface area contributed by atoms with Gasteiger partial charge in [-0.15, -0.1) is 0 Å². The lowest BCUT2D eigenvalue weighted by molar-refractivity contribution is -0.384. The summed E-state index contributed by atoms with van der Waals surface area (Å²) in [5.74, 6) is -2.69. The van der Waals surface area contributed by atoms with E-state index in [0.29, 0.717) is 11.1 Å². The number of halogens is 1. The summed E-state index contributed by atoms with van der Waals surface area (Å²) in [7, 11) is 0. The van der Waals surface area contributed by atoms with Gasteiger partial charge in [0.15, 0.2) is 0 Å². The highest BCUT2D eigenvalue weighted by Gasteiger charge is 2.47. The van der Waals surface area contributed by atoms with Gasteiger partial charge >= 0.3 is 0 Å². The van der Waals surface area contributed by atoms with Crippen LogP contribution >= 0.6 is 0 Å². The Bertz CT molecular complexity index is 1200. The molecule has 3 aromatic rings. The molecule has 0 unspecified atom stereocenters. The Morgan fingerprint density at radius 1 is 0.935 bits per heavy atom. The molecule has 31 heavy (non-hydrogen) atoms. The molecular formula is C23H15FN2O5. The molecule has 1 fully saturated rings. The van der Waals surface area contributed by atoms with Crippen LogP contribution in [0.4, 0.5) is 15.8 Å². The molecule has 154 valence electrons. The first-order valence-corrected chi connectivity index (χ1v) is 9.25. The van der Waals surface area contributed by atoms with Crippen molar-refractivity contribution in [2.75, 3.05) is 4.90 Å². The molecule has 0 saturated carbocycles. The zero-order chi connectivity index (χ0) is 22.1. The number of carbonyl (C=O) groups is 2. The lowest BCUT2D eigenvalue weighted by Gasteiger charge is -2.25. The Hall–Kier alpha value is -4.33. The van der Waals surface area contributed by atoms with Crippen molar-refractivity contribution >= 4 is 28.8 Å². The Kier molecular flexibility index (Phi) is 5.04. The first kappa shape index (κ1) is 20.0. The van der Waals surface area contributed by atoms with Crippen molar-refractivity contribution in [2.45, 2.75) is 6.04 Å². The number of rotatable bonds is 4. The molecule has 8 heteroatoms. The standard InChI is InChI=1S/C23H15FN2O5/c24-16-8-12-17(13-9-16)25-20(14-6-10-18(11-7-14)26(30)31)19(22(28)23(25)29)21(27)15-4-2-1-3-5-15/h1-13,20,27H/b21-19+/t20-/m1/s1. The van der Waals surface area contributed by atoms with E-state index in [1.54, 1.807) is 30.3 Å². The van der Waals surface area contributed by atoms with Crippen LogP contribution in [0.3, 0.4) is 0 Å². The zero-order valence-corrected chi connectivity index (χ0v) is 15.9. The third kappa shape index (κ3) is 3.55. The molecule has 4 rings (SSSR count). The molecule has 1 aliphatic rings. The number of nitro benzene ring substituents is 1. The number of hydrogen-bond acceptors (Lipinski definition) is 5. The largest absolute Gasteiger partial charge is 0.507 e. The third-order valence-corrected chi connectivity index (χ3v) is 5.02. The van der Waals surface area contributed by atoms with Crippen molar-refractivity contribution in [1.82, 2.24) is 0 Å². The van der Waals surface area contributed by atoms with Gasteiger partial charge in [0.2, 0.25) is 0 Å². The van der Waals surface area contributed by atoms with E-state index in [-0.39, 0.29) is 22.7 Å². The van der Waals surface area contributed by atoms with Crippen LogP contribution in [-0.4, -0.2) is 21.7 Å². The minimum absolute atomic E-state index is 0.158. The summed E-state index contributed by atoms with van der Waals surface area (Å²) >= 11 is 0. The van der Waals surface area contributed by atoms with Crippen molar-refractivity contribution < 1.29 is 24.0 Å². The predicted octanol–water partition coefficient (Wildman–Crippen LogP) is 4.36. The molecule has 0 spiro atoms. The zero-order valence-electron chi connectivity index (χ0n) is 15.9. The Balaban J connectivity index is 1.93. The van der Waals surface area contributed by atoms with Gasteiger partial charge in [0.05, 0.1) is 16.5 Å². The number of carbonyl (C=O) groups excluding carboxylic acids is 2. The Morgan fingerprint density at radius 3 is 2.13 bits per heavy atom. The Labute approximate surface area is 175 Å². The van der Waals surface area contributed by atoms with Gasteiger partial charge in [-0.1, -0.05) is 30.3 Å². The van der Waals surface area contributed by atoms with E-state index >= 15 is 0 Å². The topological polar surface area (TPSA) is 101 Å². The van der Waals surface area contributed by atoms with Crippen LogP contribution in [0.15, 0.2) is 84.4 Å². The maximum atomic E-state index is 13.4. The van der Waals surface area contributed by atoms with E-state index in [2.05, 4.69) is 0 Å². The number of aliphatic hydroxyl groups is 1. The second-order valence-corrected chi connectivity index (χ2v) is 6.86. The van der Waals surface area contributed by atoms with E-state index in [1.165, 1.54) is 36.4 Å². The highest BCUT2D eigenvalue weighted by Crippen LogP contribution is 2.42. The number of benzene rings is 3. The lowest BCUT2D eigenvalue weighted by Crippen LogP contribution is -2.29. The van der Waals surface area contributed by atoms with Gasteiger partial charge in [-0.2, -0.15) is 0 Å². The van der Waals surface area contributed by atoms with Gasteiger partial charge in [0, 0.05) is 23.4 Å². The van der Waals surface area contributed by atoms with E-state index in [4.69, 9.17) is 0 Å². The second-order valence-electron chi connectivity index (χ2n) is 6.86. The van der Waals surface area contributed by atoms with E-state index in [1.807, 2.05) is 0 Å². The Morgan fingerprint density at radius 2 is 1.55 bits per heavy atom. The van der Waals surface area contributed by atoms with E-state index in [0.717, 1.165) is 17.0 Å². The summed E-state index contributed by atoms with van der Waals surface area (Å²) in [6, 6.07) is 17.6. The molecule has 0 bridgehead atoms. The molecule has 1 aliphatic heterocycles. The number of anilines is 1. The number of Topliss-reactive ketones (excluding diaryl/α,β-unsaturated/α-hetero) is 1. The third-order valence-electron chi connectivity index (χ3n) is 5.02. The highest BCUT2D eigenvalue weighted by atomic mass is 19.1. The van der Waals surface area contributed by atoms with Gasteiger partial charge in [-0.3, -0.25) is 24.6 Å². The normalized spacial score (nSPS) is 17.7. The molecule has 1 amide bonds. The minimum atomic E-state index is -1.05. The second kappa shape index (κ2) is 7.83. The van der Waals surface area contributed by atoms with Crippen LogP contribution in [0.2, 0.25) is 0 Å². The van der Waals surface area contributed by atoms with Crippen LogP contribution in [0, 0.1) is 15.9 Å². The molecule has 7 nitrogen and oxygen atoms in total. The number of hydrogen-bond donors (Lipinski definition) is 1. The summed E-state index contributed by atoms with van der Waals surface area (Å²) in [4.78, 5) is 37.5. The van der Waals surface area contributed by atoms with Crippen LogP contribution in [0.25, 0.3) is 5.76 Å². The summed E-state index contributed by atoms with van der Waals surface area (Å²) in [6.45, 7) is 0. The molecule has 1 N–H and O–H groups in total. The van der Waals surface area contributed by atoms with Crippen molar-refractivity contribution in [3.8, 4) is 0 Å². The smallest absolute Gasteiger partial charge is 0.300 e. The van der Waals surface area contributed by atoms with Crippen LogP contribution in [0.1, 0.15) is 17.2 Å². The quantitative estimate of drug-likeness (QED) is 0.223. The summed E-state index contributed by atoms with van der Waals surface area (Å²) in [5, 5.41) is 21.9. The fourth-order valence-electron chi connectivity index (χ4n) is 3.55. The fraction of sp³-hybridized carbons (Fsp3) is 0.0435. The number of nitro groups is 1. The van der Waals surface area contributed by atoms with Gasteiger partial charge in [0.1, 0.15) is 11.6 Å².